The minimum absolute atomic E-state index is 0.0400. The predicted molar refractivity (Wildman–Crippen MR) is 104 cm³/mol. The lowest BCUT2D eigenvalue weighted by Crippen LogP contribution is -2.44. The van der Waals surface area contributed by atoms with Crippen molar-refractivity contribution in [2.45, 2.75) is 44.6 Å². The first-order valence-electron chi connectivity index (χ1n) is 10.2. The van der Waals surface area contributed by atoms with Gasteiger partial charge in [0, 0.05) is 32.7 Å². The number of piperidine rings is 1. The molecule has 1 aromatic carbocycles. The van der Waals surface area contributed by atoms with E-state index in [2.05, 4.69) is 15.5 Å². The van der Waals surface area contributed by atoms with Crippen molar-refractivity contribution >= 4 is 6.03 Å². The van der Waals surface area contributed by atoms with Crippen LogP contribution in [0.4, 0.5) is 4.79 Å². The maximum Gasteiger partial charge on any atom is 0.317 e. The number of ether oxygens (including phenoxy) is 1. The minimum atomic E-state index is -0.0400. The van der Waals surface area contributed by atoms with Gasteiger partial charge >= 0.3 is 6.03 Å². The number of hydrogen-bond acceptors (Lipinski definition) is 5. The van der Waals surface area contributed by atoms with E-state index in [1.807, 2.05) is 35.2 Å². The average molecular weight is 384 g/mol. The van der Waals surface area contributed by atoms with Gasteiger partial charge in [0.25, 0.3) is 0 Å². The largest absolute Gasteiger partial charge is 0.381 e. The summed E-state index contributed by atoms with van der Waals surface area (Å²) in [7, 11) is 0. The zero-order chi connectivity index (χ0) is 19.2. The molecule has 0 bridgehead atoms. The molecule has 4 rings (SSSR count). The molecule has 1 N–H and O–H groups in total. The zero-order valence-electron chi connectivity index (χ0n) is 16.2. The standard InChI is InChI=1S/C21H28N4O3/c26-21(22-13-16-5-2-1-3-6-16)25-11-4-7-18(14-25)20-23-19(24-28-20)10-12-27-15-17-8-9-17/h1-3,5-6,17-18H,4,7-15H2,(H,22,26). The van der Waals surface area contributed by atoms with Crippen LogP contribution in [-0.4, -0.2) is 47.4 Å². The van der Waals surface area contributed by atoms with Crippen LogP contribution in [0, 0.1) is 5.92 Å². The van der Waals surface area contributed by atoms with Crippen LogP contribution in [-0.2, 0) is 17.7 Å². The molecule has 2 heterocycles. The summed E-state index contributed by atoms with van der Waals surface area (Å²) in [6, 6.07) is 9.90. The van der Waals surface area contributed by atoms with Gasteiger partial charge in [0.2, 0.25) is 5.89 Å². The van der Waals surface area contributed by atoms with Crippen LogP contribution in [0.3, 0.4) is 0 Å². The van der Waals surface area contributed by atoms with Crippen molar-refractivity contribution in [1.29, 1.82) is 0 Å². The van der Waals surface area contributed by atoms with Crippen molar-refractivity contribution in [3.8, 4) is 0 Å². The number of urea groups is 1. The van der Waals surface area contributed by atoms with Crippen LogP contribution >= 0.6 is 0 Å². The number of nitrogens with one attached hydrogen (secondary N) is 1. The molecular weight excluding hydrogens is 356 g/mol. The molecule has 1 unspecified atom stereocenters. The second-order valence-corrected chi connectivity index (χ2v) is 7.75. The maximum atomic E-state index is 12.5. The second kappa shape index (κ2) is 9.19. The summed E-state index contributed by atoms with van der Waals surface area (Å²) in [4.78, 5) is 18.9. The zero-order valence-corrected chi connectivity index (χ0v) is 16.2. The molecule has 1 aliphatic heterocycles. The number of rotatable bonds is 8. The van der Waals surface area contributed by atoms with E-state index in [1.165, 1.54) is 12.8 Å². The number of amides is 2. The summed E-state index contributed by atoms with van der Waals surface area (Å²) in [6.07, 6.45) is 5.16. The van der Waals surface area contributed by atoms with Crippen LogP contribution in [0.25, 0.3) is 0 Å². The molecule has 7 heteroatoms. The van der Waals surface area contributed by atoms with Gasteiger partial charge in [-0.1, -0.05) is 35.5 Å². The van der Waals surface area contributed by atoms with E-state index in [0.717, 1.165) is 37.5 Å². The van der Waals surface area contributed by atoms with Gasteiger partial charge in [-0.05, 0) is 37.2 Å². The molecule has 2 aliphatic rings. The van der Waals surface area contributed by atoms with Crippen LogP contribution in [0.2, 0.25) is 0 Å². The van der Waals surface area contributed by atoms with E-state index >= 15 is 0 Å². The number of aromatic nitrogens is 2. The van der Waals surface area contributed by atoms with E-state index in [9.17, 15) is 4.79 Å². The SMILES string of the molecule is O=C(NCc1ccccc1)N1CCCC(c2nc(CCOCC3CC3)no2)C1. The molecule has 0 radical (unpaired) electrons. The van der Waals surface area contributed by atoms with Gasteiger partial charge in [-0.25, -0.2) is 4.79 Å². The predicted octanol–water partition coefficient (Wildman–Crippen LogP) is 3.13. The number of carbonyl (C=O) groups excluding carboxylic acids is 1. The molecule has 2 aromatic rings. The Bertz CT molecular complexity index is 760. The van der Waals surface area contributed by atoms with Crippen molar-refractivity contribution in [1.82, 2.24) is 20.4 Å². The van der Waals surface area contributed by atoms with Crippen molar-refractivity contribution in [2.75, 3.05) is 26.3 Å². The fourth-order valence-corrected chi connectivity index (χ4v) is 3.48. The van der Waals surface area contributed by atoms with Gasteiger partial charge in [-0.2, -0.15) is 4.98 Å². The summed E-state index contributed by atoms with van der Waals surface area (Å²) in [5.41, 5.74) is 1.09. The van der Waals surface area contributed by atoms with Crippen molar-refractivity contribution < 1.29 is 14.1 Å². The summed E-state index contributed by atoms with van der Waals surface area (Å²) < 4.78 is 11.1. The number of likely N-dealkylation sites (tertiary alicyclic amines) is 1. The van der Waals surface area contributed by atoms with Crippen LogP contribution in [0.5, 0.6) is 0 Å². The van der Waals surface area contributed by atoms with Gasteiger partial charge in [0.1, 0.15) is 0 Å². The van der Waals surface area contributed by atoms with Crippen molar-refractivity contribution in [3.05, 3.63) is 47.6 Å². The number of carbonyl (C=O) groups is 1. The Hall–Kier alpha value is -2.41. The lowest BCUT2D eigenvalue weighted by molar-refractivity contribution is 0.125. The number of benzene rings is 1. The summed E-state index contributed by atoms with van der Waals surface area (Å²) in [6.45, 7) is 3.38. The van der Waals surface area contributed by atoms with E-state index in [1.54, 1.807) is 0 Å². The van der Waals surface area contributed by atoms with Gasteiger partial charge in [0.05, 0.1) is 12.5 Å². The monoisotopic (exact) mass is 384 g/mol. The fourth-order valence-electron chi connectivity index (χ4n) is 3.48. The van der Waals surface area contributed by atoms with E-state index < -0.39 is 0 Å². The Labute approximate surface area is 165 Å². The first kappa shape index (κ1) is 18.9. The molecule has 1 saturated carbocycles. The first-order valence-corrected chi connectivity index (χ1v) is 10.2. The first-order chi connectivity index (χ1) is 13.8. The van der Waals surface area contributed by atoms with Gasteiger partial charge < -0.3 is 19.5 Å². The quantitative estimate of drug-likeness (QED) is 0.707. The molecule has 1 atom stereocenters. The third kappa shape index (κ3) is 5.32. The topological polar surface area (TPSA) is 80.5 Å². The van der Waals surface area contributed by atoms with Crippen LogP contribution in [0.1, 0.15) is 48.9 Å². The van der Waals surface area contributed by atoms with Crippen LogP contribution < -0.4 is 5.32 Å². The number of hydrogen-bond donors (Lipinski definition) is 1. The lowest BCUT2D eigenvalue weighted by atomic mass is 9.98. The Balaban J connectivity index is 1.24. The molecule has 2 amide bonds. The lowest BCUT2D eigenvalue weighted by Gasteiger charge is -2.31. The Kier molecular flexibility index (Phi) is 6.21. The normalized spacial score (nSPS) is 19.6. The number of nitrogens with zero attached hydrogens (tertiary/aromatic N) is 3. The fraction of sp³-hybridized carbons (Fsp3) is 0.571. The summed E-state index contributed by atoms with van der Waals surface area (Å²) >= 11 is 0. The molecule has 1 aliphatic carbocycles. The third-order valence-corrected chi connectivity index (χ3v) is 5.35. The van der Waals surface area contributed by atoms with E-state index in [-0.39, 0.29) is 11.9 Å². The molecule has 1 saturated heterocycles. The average Bonchev–Trinajstić information content (AvgIpc) is 3.45. The van der Waals surface area contributed by atoms with Gasteiger partial charge in [0.15, 0.2) is 5.82 Å². The Morgan fingerprint density at radius 1 is 1.25 bits per heavy atom. The molecule has 150 valence electrons. The molecular formula is C21H28N4O3. The Morgan fingerprint density at radius 2 is 2.11 bits per heavy atom. The smallest absolute Gasteiger partial charge is 0.317 e. The second-order valence-electron chi connectivity index (χ2n) is 7.75. The highest BCUT2D eigenvalue weighted by Gasteiger charge is 2.28. The highest BCUT2D eigenvalue weighted by Crippen LogP contribution is 2.29. The van der Waals surface area contributed by atoms with Gasteiger partial charge in [-0.3, -0.25) is 0 Å². The Morgan fingerprint density at radius 3 is 2.93 bits per heavy atom. The highest BCUT2D eigenvalue weighted by atomic mass is 16.5. The van der Waals surface area contributed by atoms with Gasteiger partial charge in [-0.15, -0.1) is 0 Å². The third-order valence-electron chi connectivity index (χ3n) is 5.35. The van der Waals surface area contributed by atoms with E-state index in [0.29, 0.717) is 37.8 Å². The maximum absolute atomic E-state index is 12.5. The summed E-state index contributed by atoms with van der Waals surface area (Å²) in [5.74, 6) is 2.20. The summed E-state index contributed by atoms with van der Waals surface area (Å²) in [5, 5.41) is 7.08. The molecule has 2 fully saturated rings. The van der Waals surface area contributed by atoms with E-state index in [4.69, 9.17) is 9.26 Å². The molecule has 28 heavy (non-hydrogen) atoms. The minimum Gasteiger partial charge on any atom is -0.381 e. The highest BCUT2D eigenvalue weighted by molar-refractivity contribution is 5.74. The van der Waals surface area contributed by atoms with Crippen LogP contribution in [0.15, 0.2) is 34.9 Å². The molecule has 1 aromatic heterocycles. The van der Waals surface area contributed by atoms with Crippen molar-refractivity contribution in [3.63, 3.8) is 0 Å². The molecule has 7 nitrogen and oxygen atoms in total. The van der Waals surface area contributed by atoms with Crippen molar-refractivity contribution in [2.24, 2.45) is 5.92 Å². The molecule has 0 spiro atoms.